The summed E-state index contributed by atoms with van der Waals surface area (Å²) in [6.45, 7) is 1.27. The average Bonchev–Trinajstić information content (AvgIpc) is 3.35. The summed E-state index contributed by atoms with van der Waals surface area (Å²) in [7, 11) is 1.63. The van der Waals surface area contributed by atoms with Crippen LogP contribution in [0.2, 0.25) is 5.02 Å². The van der Waals surface area contributed by atoms with E-state index in [-0.39, 0.29) is 12.0 Å². The van der Waals surface area contributed by atoms with E-state index < -0.39 is 0 Å². The first-order chi connectivity index (χ1) is 13.6. The Labute approximate surface area is 172 Å². The number of thiazole rings is 1. The topological polar surface area (TPSA) is 51.7 Å². The van der Waals surface area contributed by atoms with Crippen molar-refractivity contribution in [1.82, 2.24) is 4.98 Å². The Bertz CT molecular complexity index is 967. The predicted octanol–water partition coefficient (Wildman–Crippen LogP) is 4.71. The minimum Gasteiger partial charge on any atom is -0.497 e. The molecule has 28 heavy (non-hydrogen) atoms. The molecule has 146 valence electrons. The molecule has 3 aromatic rings. The molecule has 5 nitrogen and oxygen atoms in total. The van der Waals surface area contributed by atoms with Gasteiger partial charge in [0.1, 0.15) is 5.75 Å². The molecular weight excluding hydrogens is 396 g/mol. The number of amides is 1. The lowest BCUT2D eigenvalue weighted by atomic mass is 10.1. The number of hydrogen-bond acceptors (Lipinski definition) is 5. The van der Waals surface area contributed by atoms with E-state index in [2.05, 4.69) is 4.98 Å². The Morgan fingerprint density at radius 1 is 1.32 bits per heavy atom. The minimum atomic E-state index is 0.00539. The number of nitrogens with zero attached hydrogens (tertiary/aromatic N) is 2. The first-order valence-corrected chi connectivity index (χ1v) is 10.4. The molecule has 1 aromatic heterocycles. The molecule has 1 aliphatic rings. The van der Waals surface area contributed by atoms with Crippen LogP contribution < -0.4 is 9.64 Å². The molecule has 0 unspecified atom stereocenters. The first-order valence-electron chi connectivity index (χ1n) is 9.23. The summed E-state index contributed by atoms with van der Waals surface area (Å²) in [5.41, 5.74) is 1.78. The van der Waals surface area contributed by atoms with Crippen LogP contribution in [0.4, 0.5) is 5.13 Å². The maximum atomic E-state index is 13.2. The highest BCUT2D eigenvalue weighted by Crippen LogP contribution is 2.32. The van der Waals surface area contributed by atoms with Gasteiger partial charge in [-0.05, 0) is 48.7 Å². The Morgan fingerprint density at radius 2 is 2.14 bits per heavy atom. The van der Waals surface area contributed by atoms with E-state index in [4.69, 9.17) is 21.1 Å². The SMILES string of the molecule is COc1ccc(CC(=O)N(C[C@@H]2CCCO2)c2nc3ccc(Cl)cc3s2)cc1. The van der Waals surface area contributed by atoms with Crippen LogP contribution in [0, 0.1) is 0 Å². The normalized spacial score (nSPS) is 16.4. The number of hydrogen-bond donors (Lipinski definition) is 0. The zero-order valence-corrected chi connectivity index (χ0v) is 17.1. The third-order valence-electron chi connectivity index (χ3n) is 4.80. The number of carbonyl (C=O) groups is 1. The highest BCUT2D eigenvalue weighted by atomic mass is 35.5. The fourth-order valence-electron chi connectivity index (χ4n) is 3.29. The van der Waals surface area contributed by atoms with Gasteiger partial charge in [0.25, 0.3) is 0 Å². The van der Waals surface area contributed by atoms with E-state index in [1.165, 1.54) is 11.3 Å². The molecule has 1 fully saturated rings. The number of halogens is 1. The van der Waals surface area contributed by atoms with Crippen molar-refractivity contribution >= 4 is 44.2 Å². The van der Waals surface area contributed by atoms with E-state index in [1.54, 1.807) is 12.0 Å². The smallest absolute Gasteiger partial charge is 0.233 e. The Kier molecular flexibility index (Phi) is 5.80. The van der Waals surface area contributed by atoms with Gasteiger partial charge in [-0.1, -0.05) is 35.1 Å². The molecule has 0 saturated carbocycles. The van der Waals surface area contributed by atoms with Crippen molar-refractivity contribution in [2.24, 2.45) is 0 Å². The molecule has 2 aromatic carbocycles. The molecule has 7 heteroatoms. The maximum Gasteiger partial charge on any atom is 0.233 e. The summed E-state index contributed by atoms with van der Waals surface area (Å²) in [6, 6.07) is 13.2. The van der Waals surface area contributed by atoms with Crippen molar-refractivity contribution in [3.63, 3.8) is 0 Å². The van der Waals surface area contributed by atoms with Crippen LogP contribution >= 0.6 is 22.9 Å². The lowest BCUT2D eigenvalue weighted by Gasteiger charge is -2.23. The van der Waals surface area contributed by atoms with Crippen LogP contribution in [0.3, 0.4) is 0 Å². The molecule has 2 heterocycles. The van der Waals surface area contributed by atoms with Crippen LogP contribution in [0.1, 0.15) is 18.4 Å². The monoisotopic (exact) mass is 416 g/mol. The van der Waals surface area contributed by atoms with E-state index in [1.807, 2.05) is 42.5 Å². The van der Waals surface area contributed by atoms with Crippen molar-refractivity contribution in [3.05, 3.63) is 53.1 Å². The molecule has 0 radical (unpaired) electrons. The molecule has 0 bridgehead atoms. The summed E-state index contributed by atoms with van der Waals surface area (Å²) in [5.74, 6) is 0.779. The van der Waals surface area contributed by atoms with E-state index in [9.17, 15) is 4.79 Å². The Hall–Kier alpha value is -2.15. The number of carbonyl (C=O) groups excluding carboxylic acids is 1. The van der Waals surface area contributed by atoms with Crippen molar-refractivity contribution < 1.29 is 14.3 Å². The third-order valence-corrected chi connectivity index (χ3v) is 6.07. The standard InChI is InChI=1S/C21H21ClN2O3S/c1-26-16-7-4-14(5-8-16)11-20(25)24(13-17-3-2-10-27-17)21-23-18-9-6-15(22)12-19(18)28-21/h4-9,12,17H,2-3,10-11,13H2,1H3/t17-/m0/s1. The number of methoxy groups -OCH3 is 1. The van der Waals surface area contributed by atoms with Gasteiger partial charge in [-0.3, -0.25) is 9.69 Å². The van der Waals surface area contributed by atoms with Crippen LogP contribution in [-0.2, 0) is 16.0 Å². The van der Waals surface area contributed by atoms with Crippen LogP contribution in [-0.4, -0.2) is 37.3 Å². The number of anilines is 1. The molecule has 1 saturated heterocycles. The van der Waals surface area contributed by atoms with Gasteiger partial charge in [0.05, 0.1) is 36.4 Å². The van der Waals surface area contributed by atoms with Gasteiger partial charge in [-0.25, -0.2) is 4.98 Å². The van der Waals surface area contributed by atoms with Gasteiger partial charge in [-0.15, -0.1) is 0 Å². The van der Waals surface area contributed by atoms with Gasteiger partial charge in [0.2, 0.25) is 5.91 Å². The van der Waals surface area contributed by atoms with Crippen molar-refractivity contribution in [2.75, 3.05) is 25.2 Å². The second-order valence-electron chi connectivity index (χ2n) is 6.77. The van der Waals surface area contributed by atoms with E-state index in [0.29, 0.717) is 23.1 Å². The van der Waals surface area contributed by atoms with E-state index in [0.717, 1.165) is 41.0 Å². The van der Waals surface area contributed by atoms with Gasteiger partial charge in [0.15, 0.2) is 5.13 Å². The number of fused-ring (bicyclic) bond motifs is 1. The third kappa shape index (κ3) is 4.29. The lowest BCUT2D eigenvalue weighted by Crippen LogP contribution is -2.38. The first kappa shape index (κ1) is 19.2. The fourth-order valence-corrected chi connectivity index (χ4v) is 4.56. The largest absolute Gasteiger partial charge is 0.497 e. The molecule has 1 amide bonds. The van der Waals surface area contributed by atoms with Gasteiger partial charge in [0, 0.05) is 11.6 Å². The maximum absolute atomic E-state index is 13.2. The Morgan fingerprint density at radius 3 is 2.86 bits per heavy atom. The van der Waals surface area contributed by atoms with Crippen molar-refractivity contribution in [2.45, 2.75) is 25.4 Å². The summed E-state index contributed by atoms with van der Waals surface area (Å²) in [5, 5.41) is 1.35. The van der Waals surface area contributed by atoms with Gasteiger partial charge >= 0.3 is 0 Å². The zero-order valence-electron chi connectivity index (χ0n) is 15.6. The molecule has 1 atom stereocenters. The molecule has 4 rings (SSSR count). The number of rotatable bonds is 6. The van der Waals surface area contributed by atoms with Crippen LogP contribution in [0.15, 0.2) is 42.5 Å². The molecule has 0 N–H and O–H groups in total. The van der Waals surface area contributed by atoms with Crippen molar-refractivity contribution in [1.29, 1.82) is 0 Å². The molecule has 0 spiro atoms. The second-order valence-corrected chi connectivity index (χ2v) is 8.22. The summed E-state index contributed by atoms with van der Waals surface area (Å²) in [4.78, 5) is 19.6. The summed E-state index contributed by atoms with van der Waals surface area (Å²) >= 11 is 7.59. The second kappa shape index (κ2) is 8.47. The summed E-state index contributed by atoms with van der Waals surface area (Å²) in [6.07, 6.45) is 2.34. The Balaban J connectivity index is 1.60. The van der Waals surface area contributed by atoms with Gasteiger partial charge in [-0.2, -0.15) is 0 Å². The molecular formula is C21H21ClN2O3S. The van der Waals surface area contributed by atoms with Crippen molar-refractivity contribution in [3.8, 4) is 5.75 Å². The number of benzene rings is 2. The highest BCUT2D eigenvalue weighted by molar-refractivity contribution is 7.22. The molecule has 0 aliphatic carbocycles. The predicted molar refractivity (Wildman–Crippen MR) is 113 cm³/mol. The van der Waals surface area contributed by atoms with E-state index >= 15 is 0 Å². The zero-order chi connectivity index (χ0) is 19.5. The van der Waals surface area contributed by atoms with Crippen LogP contribution in [0.25, 0.3) is 10.2 Å². The highest BCUT2D eigenvalue weighted by Gasteiger charge is 2.26. The van der Waals surface area contributed by atoms with Crippen LogP contribution in [0.5, 0.6) is 5.75 Å². The molecule has 1 aliphatic heterocycles. The fraction of sp³-hybridized carbons (Fsp3) is 0.333. The lowest BCUT2D eigenvalue weighted by molar-refractivity contribution is -0.118. The summed E-state index contributed by atoms with van der Waals surface area (Å²) < 4.78 is 11.9. The number of ether oxygens (including phenoxy) is 2. The minimum absolute atomic E-state index is 0.00539. The number of aromatic nitrogens is 1. The quantitative estimate of drug-likeness (QED) is 0.583. The van der Waals surface area contributed by atoms with Gasteiger partial charge < -0.3 is 9.47 Å². The average molecular weight is 417 g/mol.